The molecule has 2 aromatic heterocycles. The van der Waals surface area contributed by atoms with Crippen LogP contribution in [0.15, 0.2) is 35.2 Å². The standard InChI is InChI=1S/C13H16N4O2/c1-2-5-14-13-16-7-10(8-17-13)12(18)15-9-11-4-3-6-19-11/h3-4,6-8H,2,5,9H2,1H3,(H,15,18)(H,14,16,17). The van der Waals surface area contributed by atoms with Crippen LogP contribution in [0, 0.1) is 0 Å². The predicted molar refractivity (Wildman–Crippen MR) is 70.7 cm³/mol. The van der Waals surface area contributed by atoms with Crippen molar-refractivity contribution < 1.29 is 9.21 Å². The highest BCUT2D eigenvalue weighted by molar-refractivity contribution is 5.93. The first-order valence-electron chi connectivity index (χ1n) is 6.16. The van der Waals surface area contributed by atoms with E-state index in [-0.39, 0.29) is 5.91 Å². The fraction of sp³-hybridized carbons (Fsp3) is 0.308. The molecular weight excluding hydrogens is 244 g/mol. The van der Waals surface area contributed by atoms with E-state index in [1.54, 1.807) is 18.4 Å². The van der Waals surface area contributed by atoms with Crippen LogP contribution in [0.3, 0.4) is 0 Å². The van der Waals surface area contributed by atoms with E-state index in [9.17, 15) is 4.79 Å². The summed E-state index contributed by atoms with van der Waals surface area (Å²) in [4.78, 5) is 20.0. The van der Waals surface area contributed by atoms with Gasteiger partial charge in [-0.15, -0.1) is 0 Å². The maximum Gasteiger partial charge on any atom is 0.254 e. The molecule has 1 amide bonds. The summed E-state index contributed by atoms with van der Waals surface area (Å²) in [6.45, 7) is 3.22. The fourth-order valence-electron chi connectivity index (χ4n) is 1.46. The van der Waals surface area contributed by atoms with Gasteiger partial charge in [-0.2, -0.15) is 0 Å². The van der Waals surface area contributed by atoms with Crippen molar-refractivity contribution in [2.24, 2.45) is 0 Å². The molecule has 0 saturated carbocycles. The van der Waals surface area contributed by atoms with Crippen molar-refractivity contribution in [1.82, 2.24) is 15.3 Å². The van der Waals surface area contributed by atoms with Gasteiger partial charge in [0.1, 0.15) is 5.76 Å². The van der Waals surface area contributed by atoms with E-state index < -0.39 is 0 Å². The van der Waals surface area contributed by atoms with Gasteiger partial charge in [-0.05, 0) is 18.6 Å². The number of nitrogens with one attached hydrogen (secondary N) is 2. The van der Waals surface area contributed by atoms with Crippen molar-refractivity contribution in [3.8, 4) is 0 Å². The van der Waals surface area contributed by atoms with Crippen LogP contribution in [0.1, 0.15) is 29.5 Å². The zero-order valence-electron chi connectivity index (χ0n) is 10.7. The highest BCUT2D eigenvalue weighted by Crippen LogP contribution is 2.02. The van der Waals surface area contributed by atoms with Gasteiger partial charge in [0.25, 0.3) is 5.91 Å². The van der Waals surface area contributed by atoms with Crippen LogP contribution < -0.4 is 10.6 Å². The van der Waals surface area contributed by atoms with Crippen LogP contribution in [-0.4, -0.2) is 22.4 Å². The van der Waals surface area contributed by atoms with Crippen LogP contribution in [0.2, 0.25) is 0 Å². The number of anilines is 1. The molecule has 0 aliphatic rings. The van der Waals surface area contributed by atoms with Gasteiger partial charge in [-0.1, -0.05) is 6.92 Å². The van der Waals surface area contributed by atoms with Crippen LogP contribution >= 0.6 is 0 Å². The molecule has 0 fully saturated rings. The molecular formula is C13H16N4O2. The smallest absolute Gasteiger partial charge is 0.254 e. The van der Waals surface area contributed by atoms with Crippen LogP contribution in [-0.2, 0) is 6.54 Å². The molecule has 0 aromatic carbocycles. The first-order valence-corrected chi connectivity index (χ1v) is 6.16. The Balaban J connectivity index is 1.88. The van der Waals surface area contributed by atoms with Crippen molar-refractivity contribution in [1.29, 1.82) is 0 Å². The normalized spacial score (nSPS) is 10.2. The zero-order chi connectivity index (χ0) is 13.5. The van der Waals surface area contributed by atoms with Gasteiger partial charge in [0.2, 0.25) is 5.95 Å². The maximum absolute atomic E-state index is 11.8. The average molecular weight is 260 g/mol. The van der Waals surface area contributed by atoms with E-state index in [4.69, 9.17) is 4.42 Å². The summed E-state index contributed by atoms with van der Waals surface area (Å²) in [5, 5.41) is 5.78. The Morgan fingerprint density at radius 1 is 1.37 bits per heavy atom. The SMILES string of the molecule is CCCNc1ncc(C(=O)NCc2ccco2)cn1. The molecule has 0 radical (unpaired) electrons. The molecule has 0 saturated heterocycles. The highest BCUT2D eigenvalue weighted by Gasteiger charge is 2.07. The number of hydrogen-bond donors (Lipinski definition) is 2. The first kappa shape index (κ1) is 13.1. The number of amides is 1. The number of hydrogen-bond acceptors (Lipinski definition) is 5. The zero-order valence-corrected chi connectivity index (χ0v) is 10.7. The third-order valence-electron chi connectivity index (χ3n) is 2.45. The Hall–Kier alpha value is -2.37. The minimum Gasteiger partial charge on any atom is -0.467 e. The molecule has 6 nitrogen and oxygen atoms in total. The molecule has 0 aliphatic heterocycles. The minimum atomic E-state index is -0.224. The van der Waals surface area contributed by atoms with E-state index in [1.807, 2.05) is 0 Å². The third-order valence-corrected chi connectivity index (χ3v) is 2.45. The number of nitrogens with zero attached hydrogens (tertiary/aromatic N) is 2. The summed E-state index contributed by atoms with van der Waals surface area (Å²) in [6, 6.07) is 3.58. The molecule has 0 unspecified atom stereocenters. The summed E-state index contributed by atoms with van der Waals surface area (Å²) in [5.74, 6) is 1.01. The van der Waals surface area contributed by atoms with Crippen LogP contribution in [0.25, 0.3) is 0 Å². The molecule has 2 heterocycles. The van der Waals surface area contributed by atoms with Gasteiger partial charge in [-0.25, -0.2) is 9.97 Å². The van der Waals surface area contributed by atoms with Crippen molar-refractivity contribution in [2.45, 2.75) is 19.9 Å². The predicted octanol–water partition coefficient (Wildman–Crippen LogP) is 1.82. The van der Waals surface area contributed by atoms with Gasteiger partial charge in [0.15, 0.2) is 0 Å². The first-order chi connectivity index (χ1) is 9.29. The second-order valence-electron chi connectivity index (χ2n) is 3.98. The number of furan rings is 1. The van der Waals surface area contributed by atoms with Crippen molar-refractivity contribution >= 4 is 11.9 Å². The van der Waals surface area contributed by atoms with Crippen LogP contribution in [0.4, 0.5) is 5.95 Å². The average Bonchev–Trinajstić information content (AvgIpc) is 2.96. The third kappa shape index (κ3) is 3.80. The number of carbonyl (C=O) groups is 1. The molecule has 0 atom stereocenters. The van der Waals surface area contributed by atoms with Crippen molar-refractivity contribution in [3.63, 3.8) is 0 Å². The molecule has 0 aliphatic carbocycles. The fourth-order valence-corrected chi connectivity index (χ4v) is 1.46. The Morgan fingerprint density at radius 2 is 2.16 bits per heavy atom. The summed E-state index contributed by atoms with van der Waals surface area (Å²) in [5.41, 5.74) is 0.425. The molecule has 19 heavy (non-hydrogen) atoms. The molecule has 100 valence electrons. The van der Waals surface area contributed by atoms with E-state index in [0.717, 1.165) is 13.0 Å². The monoisotopic (exact) mass is 260 g/mol. The van der Waals surface area contributed by atoms with Gasteiger partial charge in [0.05, 0.1) is 18.4 Å². The molecule has 2 aromatic rings. The van der Waals surface area contributed by atoms with Gasteiger partial charge >= 0.3 is 0 Å². The molecule has 2 N–H and O–H groups in total. The summed E-state index contributed by atoms with van der Waals surface area (Å²) in [7, 11) is 0. The second kappa shape index (κ2) is 6.53. The van der Waals surface area contributed by atoms with Gasteiger partial charge in [-0.3, -0.25) is 4.79 Å². The molecule has 6 heteroatoms. The van der Waals surface area contributed by atoms with E-state index in [1.165, 1.54) is 12.4 Å². The number of aromatic nitrogens is 2. The summed E-state index contributed by atoms with van der Waals surface area (Å²) in [6.07, 6.45) is 5.57. The van der Waals surface area contributed by atoms with E-state index in [0.29, 0.717) is 23.8 Å². The Labute approximate surface area is 111 Å². The van der Waals surface area contributed by atoms with Crippen LogP contribution in [0.5, 0.6) is 0 Å². The van der Waals surface area contributed by atoms with Crippen molar-refractivity contribution in [3.05, 3.63) is 42.1 Å². The van der Waals surface area contributed by atoms with E-state index >= 15 is 0 Å². The van der Waals surface area contributed by atoms with Gasteiger partial charge in [0, 0.05) is 18.9 Å². The van der Waals surface area contributed by atoms with Crippen molar-refractivity contribution in [2.75, 3.05) is 11.9 Å². The molecule has 0 bridgehead atoms. The lowest BCUT2D eigenvalue weighted by molar-refractivity contribution is 0.0947. The maximum atomic E-state index is 11.8. The summed E-state index contributed by atoms with van der Waals surface area (Å²) >= 11 is 0. The quantitative estimate of drug-likeness (QED) is 0.828. The lowest BCUT2D eigenvalue weighted by Gasteiger charge is -2.05. The minimum absolute atomic E-state index is 0.224. The van der Waals surface area contributed by atoms with E-state index in [2.05, 4.69) is 27.5 Å². The number of rotatable bonds is 6. The Bertz CT molecular complexity index is 508. The van der Waals surface area contributed by atoms with Gasteiger partial charge < -0.3 is 15.1 Å². The Kier molecular flexibility index (Phi) is 4.49. The lowest BCUT2D eigenvalue weighted by atomic mass is 10.3. The second-order valence-corrected chi connectivity index (χ2v) is 3.98. The molecule has 2 rings (SSSR count). The lowest BCUT2D eigenvalue weighted by Crippen LogP contribution is -2.23. The largest absolute Gasteiger partial charge is 0.467 e. The Morgan fingerprint density at radius 3 is 2.79 bits per heavy atom. The summed E-state index contributed by atoms with van der Waals surface area (Å²) < 4.78 is 5.13. The topological polar surface area (TPSA) is 80.0 Å². The number of carbonyl (C=O) groups excluding carboxylic acids is 1. The highest BCUT2D eigenvalue weighted by atomic mass is 16.3. The molecule has 0 spiro atoms.